The molecule has 1 aliphatic heterocycles. The van der Waals surface area contributed by atoms with Crippen LogP contribution in [0.4, 0.5) is 24.5 Å². The van der Waals surface area contributed by atoms with Gasteiger partial charge in [0.05, 0.1) is 16.6 Å². The summed E-state index contributed by atoms with van der Waals surface area (Å²) in [4.78, 5) is 11.3. The van der Waals surface area contributed by atoms with Crippen molar-refractivity contribution in [3.8, 4) is 6.07 Å². The Morgan fingerprint density at radius 3 is 2.43 bits per heavy atom. The quantitative estimate of drug-likeness (QED) is 0.620. The largest absolute Gasteiger partial charge is 0.418 e. The number of benzene rings is 1. The van der Waals surface area contributed by atoms with Gasteiger partial charge in [-0.15, -0.1) is 0 Å². The van der Waals surface area contributed by atoms with Gasteiger partial charge in [0, 0.05) is 36.8 Å². The molecule has 0 aliphatic carbocycles. The minimum absolute atomic E-state index is 0.0653. The van der Waals surface area contributed by atoms with Crippen LogP contribution in [-0.2, 0) is 6.18 Å². The van der Waals surface area contributed by atoms with Crippen molar-refractivity contribution in [2.75, 3.05) is 18.0 Å². The molecule has 0 saturated carbocycles. The van der Waals surface area contributed by atoms with Gasteiger partial charge in [-0.3, -0.25) is 10.1 Å². The first-order valence-corrected chi connectivity index (χ1v) is 6.33. The zero-order valence-corrected chi connectivity index (χ0v) is 10.9. The molecule has 0 unspecified atom stereocenters. The van der Waals surface area contributed by atoms with Gasteiger partial charge in [0.2, 0.25) is 0 Å². The molecule has 0 bridgehead atoms. The van der Waals surface area contributed by atoms with Crippen LogP contribution in [0.5, 0.6) is 0 Å². The monoisotopic (exact) mass is 299 g/mol. The van der Waals surface area contributed by atoms with Crippen LogP contribution >= 0.6 is 0 Å². The zero-order chi connectivity index (χ0) is 15.6. The Morgan fingerprint density at radius 2 is 1.95 bits per heavy atom. The summed E-state index contributed by atoms with van der Waals surface area (Å²) in [5.74, 6) is -0.145. The summed E-state index contributed by atoms with van der Waals surface area (Å²) in [6, 6.07) is 4.87. The van der Waals surface area contributed by atoms with Crippen LogP contribution in [-0.4, -0.2) is 18.0 Å². The van der Waals surface area contributed by atoms with Gasteiger partial charge in [-0.1, -0.05) is 0 Å². The second-order valence-corrected chi connectivity index (χ2v) is 4.85. The number of nitriles is 1. The van der Waals surface area contributed by atoms with E-state index in [-0.39, 0.29) is 11.6 Å². The third-order valence-electron chi connectivity index (χ3n) is 3.51. The first kappa shape index (κ1) is 15.1. The van der Waals surface area contributed by atoms with E-state index in [0.717, 1.165) is 12.1 Å². The SMILES string of the molecule is N#CC1CCN(c2ccc([N+](=O)[O-])cc2C(F)(F)F)CC1. The minimum Gasteiger partial charge on any atom is -0.371 e. The summed E-state index contributed by atoms with van der Waals surface area (Å²) >= 11 is 0. The zero-order valence-electron chi connectivity index (χ0n) is 10.9. The highest BCUT2D eigenvalue weighted by Crippen LogP contribution is 2.39. The van der Waals surface area contributed by atoms with E-state index in [1.165, 1.54) is 4.90 Å². The highest BCUT2D eigenvalue weighted by atomic mass is 19.4. The molecule has 8 heteroatoms. The van der Waals surface area contributed by atoms with E-state index >= 15 is 0 Å². The Hall–Kier alpha value is -2.30. The molecule has 1 fully saturated rings. The van der Waals surface area contributed by atoms with E-state index in [9.17, 15) is 23.3 Å². The molecule has 0 amide bonds. The van der Waals surface area contributed by atoms with Gasteiger partial charge in [-0.2, -0.15) is 18.4 Å². The number of halogens is 3. The molecule has 0 radical (unpaired) electrons. The van der Waals surface area contributed by atoms with Crippen molar-refractivity contribution in [3.05, 3.63) is 33.9 Å². The topological polar surface area (TPSA) is 70.2 Å². The van der Waals surface area contributed by atoms with Gasteiger partial charge in [-0.05, 0) is 18.9 Å². The highest BCUT2D eigenvalue weighted by molar-refractivity contribution is 5.59. The van der Waals surface area contributed by atoms with Crippen LogP contribution in [0.3, 0.4) is 0 Å². The molecule has 1 aromatic rings. The smallest absolute Gasteiger partial charge is 0.371 e. The van der Waals surface area contributed by atoms with Gasteiger partial charge in [-0.25, -0.2) is 0 Å². The molecular formula is C13H12F3N3O2. The minimum atomic E-state index is -4.66. The predicted molar refractivity (Wildman–Crippen MR) is 68.6 cm³/mol. The molecule has 0 atom stereocenters. The van der Waals surface area contributed by atoms with Crippen LogP contribution in [0.2, 0.25) is 0 Å². The van der Waals surface area contributed by atoms with E-state index in [2.05, 4.69) is 6.07 Å². The normalized spacial score (nSPS) is 16.6. The van der Waals surface area contributed by atoms with E-state index in [1.807, 2.05) is 0 Å². The molecule has 1 aromatic carbocycles. The van der Waals surface area contributed by atoms with Crippen molar-refractivity contribution in [1.82, 2.24) is 0 Å². The molecule has 112 valence electrons. The number of hydrogen-bond acceptors (Lipinski definition) is 4. The lowest BCUT2D eigenvalue weighted by atomic mass is 9.97. The molecule has 2 rings (SSSR count). The maximum absolute atomic E-state index is 13.1. The Labute approximate surface area is 118 Å². The molecule has 0 spiro atoms. The van der Waals surface area contributed by atoms with Crippen molar-refractivity contribution >= 4 is 11.4 Å². The molecule has 0 N–H and O–H groups in total. The molecule has 1 saturated heterocycles. The number of nitro groups is 1. The molecule has 5 nitrogen and oxygen atoms in total. The number of non-ortho nitro benzene ring substituents is 1. The summed E-state index contributed by atoms with van der Waals surface area (Å²) in [6.07, 6.45) is -3.68. The Morgan fingerprint density at radius 1 is 1.33 bits per heavy atom. The van der Waals surface area contributed by atoms with E-state index < -0.39 is 22.4 Å². The summed E-state index contributed by atoms with van der Waals surface area (Å²) in [5.41, 5.74) is -1.66. The van der Waals surface area contributed by atoms with E-state index in [1.54, 1.807) is 0 Å². The van der Waals surface area contributed by atoms with Crippen molar-refractivity contribution in [2.24, 2.45) is 5.92 Å². The summed E-state index contributed by atoms with van der Waals surface area (Å²) in [6.45, 7) is 0.665. The van der Waals surface area contributed by atoms with Crippen molar-refractivity contribution in [3.63, 3.8) is 0 Å². The lowest BCUT2D eigenvalue weighted by Crippen LogP contribution is -2.34. The van der Waals surface area contributed by atoms with Gasteiger partial charge in [0.25, 0.3) is 5.69 Å². The molecule has 1 aliphatic rings. The van der Waals surface area contributed by atoms with Crippen molar-refractivity contribution in [1.29, 1.82) is 5.26 Å². The van der Waals surface area contributed by atoms with Crippen molar-refractivity contribution in [2.45, 2.75) is 19.0 Å². The van der Waals surface area contributed by atoms with Gasteiger partial charge >= 0.3 is 6.18 Å². The fourth-order valence-electron chi connectivity index (χ4n) is 2.39. The third kappa shape index (κ3) is 3.24. The second kappa shape index (κ2) is 5.60. The van der Waals surface area contributed by atoms with Gasteiger partial charge in [0.1, 0.15) is 0 Å². The van der Waals surface area contributed by atoms with Crippen LogP contribution in [0.1, 0.15) is 18.4 Å². The summed E-state index contributed by atoms with van der Waals surface area (Å²) in [5, 5.41) is 19.4. The van der Waals surface area contributed by atoms with Crippen LogP contribution in [0, 0.1) is 27.4 Å². The first-order valence-electron chi connectivity index (χ1n) is 6.33. The predicted octanol–water partition coefficient (Wildman–Crippen LogP) is 3.35. The van der Waals surface area contributed by atoms with Gasteiger partial charge < -0.3 is 4.90 Å². The second-order valence-electron chi connectivity index (χ2n) is 4.85. The van der Waals surface area contributed by atoms with Crippen LogP contribution < -0.4 is 4.90 Å². The number of alkyl halides is 3. The number of anilines is 1. The first-order chi connectivity index (χ1) is 9.82. The Balaban J connectivity index is 2.35. The fraction of sp³-hybridized carbons (Fsp3) is 0.462. The lowest BCUT2D eigenvalue weighted by molar-refractivity contribution is -0.385. The average molecular weight is 299 g/mol. The van der Waals surface area contributed by atoms with E-state index in [0.29, 0.717) is 32.0 Å². The molecule has 21 heavy (non-hydrogen) atoms. The standard InChI is InChI=1S/C13H12F3N3O2/c14-13(15,16)11-7-10(19(20)21)1-2-12(11)18-5-3-9(8-17)4-6-18/h1-2,7,9H,3-6H2. The summed E-state index contributed by atoms with van der Waals surface area (Å²) in [7, 11) is 0. The van der Waals surface area contributed by atoms with Crippen molar-refractivity contribution < 1.29 is 18.1 Å². The number of nitrogens with zero attached hydrogens (tertiary/aromatic N) is 3. The number of rotatable bonds is 2. The fourth-order valence-corrected chi connectivity index (χ4v) is 2.39. The Kier molecular flexibility index (Phi) is 4.02. The maximum Gasteiger partial charge on any atom is 0.418 e. The van der Waals surface area contributed by atoms with Crippen LogP contribution in [0.25, 0.3) is 0 Å². The molecular weight excluding hydrogens is 287 g/mol. The third-order valence-corrected chi connectivity index (χ3v) is 3.51. The number of nitro benzene ring substituents is 1. The Bertz CT molecular complexity index is 587. The highest BCUT2D eigenvalue weighted by Gasteiger charge is 2.37. The average Bonchev–Trinajstić information content (AvgIpc) is 2.46. The maximum atomic E-state index is 13.1. The number of hydrogen-bond donors (Lipinski definition) is 0. The lowest BCUT2D eigenvalue weighted by Gasteiger charge is -2.32. The van der Waals surface area contributed by atoms with Crippen LogP contribution in [0.15, 0.2) is 18.2 Å². The van der Waals surface area contributed by atoms with E-state index in [4.69, 9.17) is 5.26 Å². The van der Waals surface area contributed by atoms with Gasteiger partial charge in [0.15, 0.2) is 0 Å². The molecule has 0 aromatic heterocycles. The molecule has 1 heterocycles. The number of piperidine rings is 1. The summed E-state index contributed by atoms with van der Waals surface area (Å²) < 4.78 is 39.3.